The molecule has 2 N–H and O–H groups in total. The summed E-state index contributed by atoms with van der Waals surface area (Å²) in [4.78, 5) is 22.0. The monoisotopic (exact) mass is 201 g/mol. The number of carbonyl (C=O) groups is 2. The van der Waals surface area contributed by atoms with Gasteiger partial charge in [0.1, 0.15) is 6.04 Å². The quantitative estimate of drug-likeness (QED) is 0.619. The van der Waals surface area contributed by atoms with Gasteiger partial charge < -0.3 is 15.2 Å². The second kappa shape index (κ2) is 4.41. The first-order valence-electron chi connectivity index (χ1n) is 4.66. The van der Waals surface area contributed by atoms with Crippen LogP contribution in [-0.4, -0.2) is 29.3 Å². The van der Waals surface area contributed by atoms with Gasteiger partial charge in [-0.3, -0.25) is 9.59 Å². The van der Waals surface area contributed by atoms with Gasteiger partial charge in [-0.2, -0.15) is 0 Å². The van der Waals surface area contributed by atoms with Crippen LogP contribution in [0.5, 0.6) is 0 Å². The van der Waals surface area contributed by atoms with Crippen LogP contribution in [0.15, 0.2) is 0 Å². The summed E-state index contributed by atoms with van der Waals surface area (Å²) in [5.74, 6) is -0.389. The van der Waals surface area contributed by atoms with E-state index in [0.29, 0.717) is 6.42 Å². The molecule has 0 aromatic carbocycles. The van der Waals surface area contributed by atoms with E-state index < -0.39 is 18.3 Å². The molecular formula is C9H15NO4. The van der Waals surface area contributed by atoms with Gasteiger partial charge in [-0.1, -0.05) is 13.8 Å². The molecule has 2 atom stereocenters. The zero-order chi connectivity index (χ0) is 10.7. The van der Waals surface area contributed by atoms with Gasteiger partial charge in [0.25, 0.3) is 0 Å². The highest BCUT2D eigenvalue weighted by atomic mass is 16.6. The van der Waals surface area contributed by atoms with Gasteiger partial charge >= 0.3 is 5.97 Å². The number of rotatable bonds is 3. The number of carbonyl (C=O) groups excluding carboxylic acids is 2. The fourth-order valence-electron chi connectivity index (χ4n) is 1.30. The number of hydrogen-bond donors (Lipinski definition) is 2. The molecule has 1 fully saturated rings. The largest absolute Gasteiger partial charge is 0.434 e. The number of aliphatic hydroxyl groups excluding tert-OH is 1. The maximum Gasteiger partial charge on any atom is 0.310 e. The van der Waals surface area contributed by atoms with Crippen molar-refractivity contribution in [2.45, 2.75) is 39.0 Å². The third-order valence-corrected chi connectivity index (χ3v) is 1.92. The van der Waals surface area contributed by atoms with Crippen molar-refractivity contribution >= 4 is 11.9 Å². The van der Waals surface area contributed by atoms with E-state index in [4.69, 9.17) is 0 Å². The zero-order valence-corrected chi connectivity index (χ0v) is 8.32. The molecule has 1 aliphatic rings. The molecular weight excluding hydrogens is 186 g/mol. The Balaban J connectivity index is 2.37. The van der Waals surface area contributed by atoms with Gasteiger partial charge in [0, 0.05) is 6.42 Å². The van der Waals surface area contributed by atoms with Crippen molar-refractivity contribution in [1.29, 1.82) is 0 Å². The molecule has 1 amide bonds. The zero-order valence-electron chi connectivity index (χ0n) is 8.32. The van der Waals surface area contributed by atoms with Gasteiger partial charge in [0.2, 0.25) is 12.2 Å². The van der Waals surface area contributed by atoms with E-state index in [9.17, 15) is 14.7 Å². The van der Waals surface area contributed by atoms with Crippen LogP contribution in [0.25, 0.3) is 0 Å². The van der Waals surface area contributed by atoms with Crippen molar-refractivity contribution in [2.75, 3.05) is 0 Å². The van der Waals surface area contributed by atoms with Crippen molar-refractivity contribution in [2.24, 2.45) is 5.92 Å². The number of hydrogen-bond acceptors (Lipinski definition) is 4. The molecule has 0 radical (unpaired) electrons. The van der Waals surface area contributed by atoms with Crippen LogP contribution in [0.2, 0.25) is 0 Å². The first-order valence-corrected chi connectivity index (χ1v) is 4.66. The average molecular weight is 201 g/mol. The van der Waals surface area contributed by atoms with Gasteiger partial charge in [-0.25, -0.2) is 0 Å². The Morgan fingerprint density at radius 2 is 2.36 bits per heavy atom. The molecule has 1 saturated heterocycles. The maximum absolute atomic E-state index is 11.3. The van der Waals surface area contributed by atoms with Crippen LogP contribution in [0.4, 0.5) is 0 Å². The predicted octanol–water partition coefficient (Wildman–Crippen LogP) is -0.217. The second-order valence-corrected chi connectivity index (χ2v) is 3.86. The molecule has 0 aliphatic carbocycles. The predicted molar refractivity (Wildman–Crippen MR) is 48.1 cm³/mol. The SMILES string of the molecule is CC(C)CC(=O)N[C@H]1CC(=O)OC1O. The normalized spacial score (nSPS) is 26.4. The first kappa shape index (κ1) is 11.0. The standard InChI is InChI=1S/C9H15NO4/c1-5(2)3-7(11)10-6-4-8(12)14-9(6)13/h5-6,9,13H,3-4H2,1-2H3,(H,10,11)/t6-,9?/m0/s1. The minimum atomic E-state index is -1.20. The number of esters is 1. The van der Waals surface area contributed by atoms with Gasteiger partial charge in [-0.15, -0.1) is 0 Å². The summed E-state index contributed by atoms with van der Waals surface area (Å²) in [7, 11) is 0. The lowest BCUT2D eigenvalue weighted by atomic mass is 10.1. The highest BCUT2D eigenvalue weighted by molar-refractivity contribution is 5.79. The summed E-state index contributed by atoms with van der Waals surface area (Å²) in [5, 5.41) is 11.7. The summed E-state index contributed by atoms with van der Waals surface area (Å²) in [5.41, 5.74) is 0. The molecule has 0 aromatic heterocycles. The molecule has 1 rings (SSSR count). The van der Waals surface area contributed by atoms with E-state index >= 15 is 0 Å². The Kier molecular flexibility index (Phi) is 3.46. The molecule has 14 heavy (non-hydrogen) atoms. The minimum Gasteiger partial charge on any atom is -0.434 e. The van der Waals surface area contributed by atoms with Crippen LogP contribution in [0, 0.1) is 5.92 Å². The Bertz CT molecular complexity index is 239. The third-order valence-electron chi connectivity index (χ3n) is 1.92. The topological polar surface area (TPSA) is 75.6 Å². The maximum atomic E-state index is 11.3. The van der Waals surface area contributed by atoms with E-state index in [1.165, 1.54) is 0 Å². The first-order chi connectivity index (χ1) is 6.49. The van der Waals surface area contributed by atoms with E-state index in [1.54, 1.807) is 0 Å². The number of ether oxygens (including phenoxy) is 1. The molecule has 0 bridgehead atoms. The molecule has 5 nitrogen and oxygen atoms in total. The molecule has 0 spiro atoms. The van der Waals surface area contributed by atoms with E-state index in [0.717, 1.165) is 0 Å². The lowest BCUT2D eigenvalue weighted by Crippen LogP contribution is -2.40. The molecule has 5 heteroatoms. The fourth-order valence-corrected chi connectivity index (χ4v) is 1.30. The van der Waals surface area contributed by atoms with Crippen LogP contribution in [-0.2, 0) is 14.3 Å². The third kappa shape index (κ3) is 2.99. The van der Waals surface area contributed by atoms with Gasteiger partial charge in [0.05, 0.1) is 6.42 Å². The van der Waals surface area contributed by atoms with Crippen molar-refractivity contribution in [3.8, 4) is 0 Å². The summed E-state index contributed by atoms with van der Waals surface area (Å²) in [6, 6.07) is -0.589. The Hall–Kier alpha value is -1.10. The fraction of sp³-hybridized carbons (Fsp3) is 0.778. The highest BCUT2D eigenvalue weighted by Crippen LogP contribution is 2.13. The highest BCUT2D eigenvalue weighted by Gasteiger charge is 2.34. The minimum absolute atomic E-state index is 0.0466. The van der Waals surface area contributed by atoms with Crippen molar-refractivity contribution in [1.82, 2.24) is 5.32 Å². The number of cyclic esters (lactones) is 1. The van der Waals surface area contributed by atoms with Crippen molar-refractivity contribution in [3.63, 3.8) is 0 Å². The molecule has 0 saturated carbocycles. The summed E-state index contributed by atoms with van der Waals surface area (Å²) in [6.45, 7) is 3.85. The van der Waals surface area contributed by atoms with Crippen LogP contribution in [0.1, 0.15) is 26.7 Å². The van der Waals surface area contributed by atoms with Crippen LogP contribution in [0.3, 0.4) is 0 Å². The Morgan fingerprint density at radius 3 is 2.79 bits per heavy atom. The number of aliphatic hydroxyl groups is 1. The molecule has 1 aliphatic heterocycles. The number of nitrogens with one attached hydrogen (secondary N) is 1. The number of amides is 1. The molecule has 1 unspecified atom stereocenters. The molecule has 0 aromatic rings. The lowest BCUT2D eigenvalue weighted by Gasteiger charge is -2.14. The van der Waals surface area contributed by atoms with Crippen LogP contribution >= 0.6 is 0 Å². The Labute approximate surface area is 82.4 Å². The molecule has 1 heterocycles. The second-order valence-electron chi connectivity index (χ2n) is 3.86. The Morgan fingerprint density at radius 1 is 1.71 bits per heavy atom. The van der Waals surface area contributed by atoms with Crippen LogP contribution < -0.4 is 5.32 Å². The summed E-state index contributed by atoms with van der Waals surface area (Å²) < 4.78 is 4.48. The van der Waals surface area contributed by atoms with E-state index in [1.807, 2.05) is 13.8 Å². The average Bonchev–Trinajstić information content (AvgIpc) is 2.28. The summed E-state index contributed by atoms with van der Waals surface area (Å²) >= 11 is 0. The van der Waals surface area contributed by atoms with Gasteiger partial charge in [0.15, 0.2) is 0 Å². The smallest absolute Gasteiger partial charge is 0.310 e. The van der Waals surface area contributed by atoms with Crippen molar-refractivity contribution in [3.05, 3.63) is 0 Å². The van der Waals surface area contributed by atoms with E-state index in [2.05, 4.69) is 10.1 Å². The van der Waals surface area contributed by atoms with Crippen molar-refractivity contribution < 1.29 is 19.4 Å². The van der Waals surface area contributed by atoms with Gasteiger partial charge in [-0.05, 0) is 5.92 Å². The lowest BCUT2D eigenvalue weighted by molar-refractivity contribution is -0.155. The van der Waals surface area contributed by atoms with E-state index in [-0.39, 0.29) is 18.2 Å². The summed E-state index contributed by atoms with van der Waals surface area (Å²) in [6.07, 6.45) is -0.763. The molecule has 80 valence electrons.